The van der Waals surface area contributed by atoms with Gasteiger partial charge in [-0.05, 0) is 38.3 Å². The quantitative estimate of drug-likeness (QED) is 0.745. The maximum atomic E-state index is 11.7. The van der Waals surface area contributed by atoms with Gasteiger partial charge in [-0.25, -0.2) is 4.79 Å². The van der Waals surface area contributed by atoms with Gasteiger partial charge in [-0.1, -0.05) is 0 Å². The molecule has 0 aliphatic heterocycles. The van der Waals surface area contributed by atoms with Crippen molar-refractivity contribution in [3.8, 4) is 0 Å². The van der Waals surface area contributed by atoms with Gasteiger partial charge in [-0.2, -0.15) is 16.7 Å². The Bertz CT molecular complexity index is 516. The minimum Gasteiger partial charge on any atom is -0.383 e. The van der Waals surface area contributed by atoms with Gasteiger partial charge < -0.3 is 10.4 Å². The highest BCUT2D eigenvalue weighted by Crippen LogP contribution is 2.00. The van der Waals surface area contributed by atoms with E-state index in [9.17, 15) is 14.7 Å². The average molecular weight is 299 g/mol. The third-order valence-electron chi connectivity index (χ3n) is 2.88. The zero-order chi connectivity index (χ0) is 15.1. The first-order valence-corrected chi connectivity index (χ1v) is 7.85. The molecule has 1 rings (SSSR count). The van der Waals surface area contributed by atoms with E-state index < -0.39 is 12.0 Å². The minimum absolute atomic E-state index is 0.292. The minimum atomic E-state index is -0.989. The van der Waals surface area contributed by atoms with E-state index in [1.54, 1.807) is 18.7 Å². The number of rotatable bonds is 7. The molecule has 0 aromatic carbocycles. The molecular formula is C13H21N3O3S. The highest BCUT2D eigenvalue weighted by molar-refractivity contribution is 7.98. The lowest BCUT2D eigenvalue weighted by molar-refractivity contribution is -0.129. The van der Waals surface area contributed by atoms with Crippen molar-refractivity contribution < 1.29 is 9.90 Å². The van der Waals surface area contributed by atoms with Crippen LogP contribution in [0.3, 0.4) is 0 Å². The molecule has 1 aromatic rings. The van der Waals surface area contributed by atoms with Crippen LogP contribution in [-0.4, -0.2) is 45.2 Å². The number of amides is 1. The van der Waals surface area contributed by atoms with Crippen molar-refractivity contribution in [2.75, 3.05) is 18.6 Å². The highest BCUT2D eigenvalue weighted by atomic mass is 32.2. The van der Waals surface area contributed by atoms with Crippen LogP contribution in [-0.2, 0) is 11.3 Å². The number of thioether (sulfide) groups is 1. The molecule has 1 heterocycles. The van der Waals surface area contributed by atoms with E-state index in [0.717, 1.165) is 11.4 Å². The standard InChI is InChI=1S/C13H21N3O3S/c1-9-8-10(2)16(13(19)15-9)6-5-14-12(18)11(17)4-7-20-3/h8,11,17H,4-7H2,1-3H3,(H,14,18). The van der Waals surface area contributed by atoms with E-state index in [2.05, 4.69) is 10.3 Å². The fraction of sp³-hybridized carbons (Fsp3) is 0.615. The summed E-state index contributed by atoms with van der Waals surface area (Å²) in [4.78, 5) is 27.1. The number of aryl methyl sites for hydroxylation is 2. The summed E-state index contributed by atoms with van der Waals surface area (Å²) in [7, 11) is 0. The normalized spacial score (nSPS) is 12.2. The van der Waals surface area contributed by atoms with Crippen LogP contribution in [0.15, 0.2) is 10.9 Å². The molecule has 0 bridgehead atoms. The Balaban J connectivity index is 2.49. The maximum absolute atomic E-state index is 11.7. The Labute approximate surface area is 122 Å². The largest absolute Gasteiger partial charge is 0.383 e. The first kappa shape index (κ1) is 16.7. The monoisotopic (exact) mass is 299 g/mol. The first-order valence-electron chi connectivity index (χ1n) is 6.45. The van der Waals surface area contributed by atoms with Crippen LogP contribution in [0.4, 0.5) is 0 Å². The van der Waals surface area contributed by atoms with Crippen molar-refractivity contribution in [3.05, 3.63) is 27.9 Å². The van der Waals surface area contributed by atoms with Gasteiger partial charge in [0, 0.05) is 24.5 Å². The van der Waals surface area contributed by atoms with Crippen LogP contribution in [0.1, 0.15) is 17.8 Å². The average Bonchev–Trinajstić information content (AvgIpc) is 2.38. The zero-order valence-electron chi connectivity index (χ0n) is 12.0. The fourth-order valence-corrected chi connectivity index (χ4v) is 2.27. The van der Waals surface area contributed by atoms with E-state index >= 15 is 0 Å². The Kier molecular flexibility index (Phi) is 6.74. The summed E-state index contributed by atoms with van der Waals surface area (Å²) in [6.07, 6.45) is 1.36. The number of aromatic nitrogens is 2. The SMILES string of the molecule is CSCCC(O)C(=O)NCCn1c(C)cc(C)nc1=O. The second kappa shape index (κ2) is 8.06. The van der Waals surface area contributed by atoms with Crippen LogP contribution in [0, 0.1) is 13.8 Å². The Morgan fingerprint density at radius 1 is 1.55 bits per heavy atom. The molecule has 0 spiro atoms. The molecule has 0 aliphatic rings. The first-order chi connectivity index (χ1) is 9.45. The molecule has 0 saturated heterocycles. The van der Waals surface area contributed by atoms with Crippen LogP contribution >= 0.6 is 11.8 Å². The third kappa shape index (κ3) is 4.97. The van der Waals surface area contributed by atoms with Gasteiger partial charge in [-0.15, -0.1) is 0 Å². The lowest BCUT2D eigenvalue weighted by Crippen LogP contribution is -2.38. The van der Waals surface area contributed by atoms with Crippen molar-refractivity contribution in [1.29, 1.82) is 0 Å². The lowest BCUT2D eigenvalue weighted by Gasteiger charge is -2.13. The molecule has 1 amide bonds. The molecule has 0 saturated carbocycles. The van der Waals surface area contributed by atoms with Gasteiger partial charge in [0.2, 0.25) is 5.91 Å². The van der Waals surface area contributed by atoms with Gasteiger partial charge in [0.15, 0.2) is 0 Å². The van der Waals surface area contributed by atoms with Crippen molar-refractivity contribution >= 4 is 17.7 Å². The number of aliphatic hydroxyl groups excluding tert-OH is 1. The van der Waals surface area contributed by atoms with Crippen LogP contribution in [0.5, 0.6) is 0 Å². The summed E-state index contributed by atoms with van der Waals surface area (Å²) >= 11 is 1.58. The molecule has 20 heavy (non-hydrogen) atoms. The van der Waals surface area contributed by atoms with Crippen molar-refractivity contribution in [2.45, 2.75) is 32.9 Å². The summed E-state index contributed by atoms with van der Waals surface area (Å²) < 4.78 is 1.50. The van der Waals surface area contributed by atoms with E-state index in [0.29, 0.717) is 25.2 Å². The van der Waals surface area contributed by atoms with Gasteiger partial charge in [0.25, 0.3) is 0 Å². The molecule has 1 atom stereocenters. The van der Waals surface area contributed by atoms with Crippen LogP contribution < -0.4 is 11.0 Å². The van der Waals surface area contributed by atoms with Crippen molar-refractivity contribution in [2.24, 2.45) is 0 Å². The molecule has 1 unspecified atom stereocenters. The molecule has 2 N–H and O–H groups in total. The topological polar surface area (TPSA) is 84.2 Å². The number of nitrogens with zero attached hydrogens (tertiary/aromatic N) is 2. The number of hydrogen-bond acceptors (Lipinski definition) is 5. The summed E-state index contributed by atoms with van der Waals surface area (Å²) in [6, 6.07) is 1.82. The molecule has 112 valence electrons. The molecule has 0 radical (unpaired) electrons. The van der Waals surface area contributed by atoms with E-state index in [1.807, 2.05) is 19.2 Å². The fourth-order valence-electron chi connectivity index (χ4n) is 1.82. The summed E-state index contributed by atoms with van der Waals surface area (Å²) in [5.41, 5.74) is 1.17. The summed E-state index contributed by atoms with van der Waals surface area (Å²) in [5.74, 6) is 0.333. The number of carbonyl (C=O) groups excluding carboxylic acids is 1. The van der Waals surface area contributed by atoms with E-state index in [4.69, 9.17) is 0 Å². The van der Waals surface area contributed by atoms with E-state index in [-0.39, 0.29) is 5.69 Å². The Morgan fingerprint density at radius 2 is 2.25 bits per heavy atom. The van der Waals surface area contributed by atoms with Gasteiger partial charge in [0.1, 0.15) is 6.10 Å². The smallest absolute Gasteiger partial charge is 0.348 e. The number of nitrogens with one attached hydrogen (secondary N) is 1. The number of carbonyl (C=O) groups is 1. The molecule has 6 nitrogen and oxygen atoms in total. The van der Waals surface area contributed by atoms with Gasteiger partial charge in [0.05, 0.1) is 0 Å². The lowest BCUT2D eigenvalue weighted by atomic mass is 10.2. The second-order valence-corrected chi connectivity index (χ2v) is 5.55. The zero-order valence-corrected chi connectivity index (χ0v) is 12.9. The molecule has 1 aromatic heterocycles. The van der Waals surface area contributed by atoms with E-state index in [1.165, 1.54) is 4.57 Å². The third-order valence-corrected chi connectivity index (χ3v) is 3.52. The maximum Gasteiger partial charge on any atom is 0.348 e. The molecule has 0 aliphatic carbocycles. The second-order valence-electron chi connectivity index (χ2n) is 4.56. The number of aliphatic hydroxyl groups is 1. The summed E-state index contributed by atoms with van der Waals surface area (Å²) in [6.45, 7) is 4.23. The van der Waals surface area contributed by atoms with Crippen molar-refractivity contribution in [3.63, 3.8) is 0 Å². The molecular weight excluding hydrogens is 278 g/mol. The predicted molar refractivity (Wildman–Crippen MR) is 80.0 cm³/mol. The van der Waals surface area contributed by atoms with Crippen LogP contribution in [0.25, 0.3) is 0 Å². The number of hydrogen-bond donors (Lipinski definition) is 2. The van der Waals surface area contributed by atoms with Gasteiger partial charge in [-0.3, -0.25) is 9.36 Å². The van der Waals surface area contributed by atoms with Crippen LogP contribution in [0.2, 0.25) is 0 Å². The predicted octanol–water partition coefficient (Wildman–Crippen LogP) is 0.0903. The van der Waals surface area contributed by atoms with Crippen molar-refractivity contribution in [1.82, 2.24) is 14.9 Å². The Morgan fingerprint density at radius 3 is 2.85 bits per heavy atom. The Hall–Kier alpha value is -1.34. The summed E-state index contributed by atoms with van der Waals surface area (Å²) in [5, 5.41) is 12.2. The highest BCUT2D eigenvalue weighted by Gasteiger charge is 2.13. The molecule has 0 fully saturated rings. The molecule has 7 heteroatoms. The van der Waals surface area contributed by atoms with Gasteiger partial charge >= 0.3 is 5.69 Å².